The van der Waals surface area contributed by atoms with Crippen LogP contribution in [0.4, 0.5) is 8.78 Å². The van der Waals surface area contributed by atoms with Crippen molar-refractivity contribution in [3.05, 3.63) is 96.3 Å². The average molecular weight is 684 g/mol. The normalized spacial score (nSPS) is 10.8. The second-order valence-electron chi connectivity index (χ2n) is 8.65. The largest absolute Gasteiger partial charge is 0.479 e. The molecule has 1 N–H and O–H groups in total. The lowest BCUT2D eigenvalue weighted by Gasteiger charge is -2.07. The second kappa shape index (κ2) is 15.2. The summed E-state index contributed by atoms with van der Waals surface area (Å²) in [6.45, 7) is -0.201. The predicted octanol–water partition coefficient (Wildman–Crippen LogP) is 6.36. The van der Waals surface area contributed by atoms with E-state index in [1.807, 2.05) is 4.40 Å². The Morgan fingerprint density at radius 3 is 1.52 bits per heavy atom. The molecular weight excluding hydrogens is 661 g/mol. The van der Waals surface area contributed by atoms with Crippen LogP contribution in [0.3, 0.4) is 0 Å². The molecule has 6 rings (SSSR count). The number of hydrogen-bond donors (Lipinski definition) is 1. The number of aromatic nitrogens is 6. The number of aliphatic hydroxyl groups excluding tert-OH is 1. The van der Waals surface area contributed by atoms with Gasteiger partial charge in [0.05, 0.1) is 50.5 Å². The van der Waals surface area contributed by atoms with Crippen LogP contribution in [0.15, 0.2) is 73.3 Å². The van der Waals surface area contributed by atoms with Gasteiger partial charge in [0.25, 0.3) is 0 Å². The third-order valence-electron chi connectivity index (χ3n) is 5.97. The fraction of sp³-hybridized carbons (Fsp3) is 0.143. The molecule has 0 aliphatic heterocycles. The van der Waals surface area contributed by atoms with Gasteiger partial charge in [-0.2, -0.15) is 0 Å². The van der Waals surface area contributed by atoms with Crippen molar-refractivity contribution in [1.29, 1.82) is 0 Å². The number of fused-ring (bicyclic) bond motifs is 2. The number of methoxy groups -OCH3 is 2. The summed E-state index contributed by atoms with van der Waals surface area (Å²) in [6.07, 6.45) is 6.79. The van der Waals surface area contributed by atoms with Gasteiger partial charge in [0.2, 0.25) is 21.0 Å². The molecule has 0 amide bonds. The van der Waals surface area contributed by atoms with Gasteiger partial charge in [-0.25, -0.2) is 32.9 Å². The van der Waals surface area contributed by atoms with Gasteiger partial charge in [-0.15, -0.1) is 11.6 Å². The number of halogens is 5. The molecule has 0 atom stereocenters. The van der Waals surface area contributed by atoms with Crippen LogP contribution in [0.25, 0.3) is 33.8 Å². The van der Waals surface area contributed by atoms with Crippen LogP contribution >= 0.6 is 33.0 Å². The monoisotopic (exact) mass is 682 g/mol. The Morgan fingerprint density at radius 2 is 1.16 bits per heavy atom. The number of nitrogens with zero attached hydrogens (tertiary/aromatic N) is 6. The molecule has 10 nitrogen and oxygen atoms in total. The van der Waals surface area contributed by atoms with Crippen LogP contribution in [0, 0.1) is 11.6 Å². The first-order chi connectivity index (χ1) is 21.2. The van der Waals surface area contributed by atoms with Crippen molar-refractivity contribution in [2.24, 2.45) is 0 Å². The highest BCUT2D eigenvalue weighted by molar-refractivity contribution is 8.26. The molecule has 4 aromatic heterocycles. The number of rotatable bonds is 6. The van der Waals surface area contributed by atoms with Crippen LogP contribution in [-0.2, 0) is 21.7 Å². The van der Waals surface area contributed by atoms with Gasteiger partial charge in [0, 0.05) is 44.9 Å². The van der Waals surface area contributed by atoms with Crippen LogP contribution in [0.5, 0.6) is 11.8 Å². The Kier molecular flexibility index (Phi) is 11.4. The summed E-state index contributed by atoms with van der Waals surface area (Å²) in [7, 11) is 10.4. The predicted molar refractivity (Wildman–Crippen MR) is 165 cm³/mol. The summed E-state index contributed by atoms with van der Waals surface area (Å²) in [5.74, 6) is 1.86. The summed E-state index contributed by atoms with van der Waals surface area (Å²) in [5, 5.41) is 9.25. The van der Waals surface area contributed by atoms with E-state index in [1.165, 1.54) is 31.4 Å². The molecule has 44 heavy (non-hydrogen) atoms. The van der Waals surface area contributed by atoms with Gasteiger partial charge in [0.15, 0.2) is 0 Å². The molecule has 0 radical (unpaired) electrons. The summed E-state index contributed by atoms with van der Waals surface area (Å²) < 4.78 is 49.1. The van der Waals surface area contributed by atoms with Crippen molar-refractivity contribution in [3.63, 3.8) is 0 Å². The molecule has 16 heteroatoms. The fourth-order valence-corrected chi connectivity index (χ4v) is 4.23. The molecule has 0 aliphatic carbocycles. The molecule has 0 spiro atoms. The van der Waals surface area contributed by atoms with Crippen molar-refractivity contribution < 1.29 is 27.6 Å². The third-order valence-corrected chi connectivity index (χ3v) is 6.24. The Morgan fingerprint density at radius 1 is 0.773 bits per heavy atom. The molecule has 0 bridgehead atoms. The lowest BCUT2D eigenvalue weighted by atomic mass is 10.2. The third kappa shape index (κ3) is 7.79. The van der Waals surface area contributed by atoms with E-state index in [1.54, 1.807) is 60.6 Å². The van der Waals surface area contributed by atoms with Gasteiger partial charge in [0.1, 0.15) is 34.3 Å². The Balaban J connectivity index is 0.000000179. The minimum Gasteiger partial charge on any atom is -0.479 e. The zero-order valence-corrected chi connectivity index (χ0v) is 26.1. The molecule has 6 aromatic rings. The molecule has 230 valence electrons. The van der Waals surface area contributed by atoms with E-state index in [-0.39, 0.29) is 24.1 Å². The van der Waals surface area contributed by atoms with Crippen LogP contribution in [-0.4, -0.2) is 52.3 Å². The van der Waals surface area contributed by atoms with Gasteiger partial charge in [-0.3, -0.25) is 8.80 Å². The van der Waals surface area contributed by atoms with E-state index >= 15 is 0 Å². The average Bonchev–Trinajstić information content (AvgIpc) is 3.65. The van der Waals surface area contributed by atoms with Gasteiger partial charge in [-0.1, -0.05) is 0 Å². The molecule has 0 fully saturated rings. The number of imidazole rings is 2. The van der Waals surface area contributed by atoms with Crippen molar-refractivity contribution >= 4 is 53.2 Å². The molecule has 0 unspecified atom stereocenters. The lowest BCUT2D eigenvalue weighted by Crippen LogP contribution is -2.00. The number of benzene rings is 2. The zero-order chi connectivity index (χ0) is 31.8. The standard InChI is InChI=1S/C14H11ClFN3O.C14H12FN3O2.Cl2OS/c1-20-14-12-7-17-13(9-2-4-10(16)5-3-9)19(12)8-11(6-15)18-14;1-20-14-12-6-16-13(9-2-4-10(15)5-3-9)18(12)7-11(8-19)17-14;1-4(2)3/h2-5,7-8H,6H2,1H3;2-7,19H,8H2,1H3;. The van der Waals surface area contributed by atoms with Crippen LogP contribution < -0.4 is 9.47 Å². The van der Waals surface area contributed by atoms with Crippen molar-refractivity contribution in [2.75, 3.05) is 14.2 Å². The van der Waals surface area contributed by atoms with E-state index in [2.05, 4.69) is 41.3 Å². The highest BCUT2D eigenvalue weighted by Gasteiger charge is 2.14. The second-order valence-corrected chi connectivity index (χ2v) is 11.4. The lowest BCUT2D eigenvalue weighted by molar-refractivity contribution is 0.273. The maximum Gasteiger partial charge on any atom is 0.240 e. The number of ether oxygens (including phenoxy) is 2. The first kappa shape index (κ1) is 33.0. The van der Waals surface area contributed by atoms with Gasteiger partial charge >= 0.3 is 0 Å². The summed E-state index contributed by atoms with van der Waals surface area (Å²) in [5.41, 5.74) is 4.14. The van der Waals surface area contributed by atoms with E-state index in [0.29, 0.717) is 40.3 Å². The Bertz CT molecular complexity index is 1750. The Hall–Kier alpha value is -3.88. The van der Waals surface area contributed by atoms with E-state index in [9.17, 15) is 13.9 Å². The number of hydrogen-bond acceptors (Lipinski definition) is 8. The molecule has 2 aromatic carbocycles. The fourth-order valence-electron chi connectivity index (χ4n) is 4.10. The highest BCUT2D eigenvalue weighted by Crippen LogP contribution is 2.27. The van der Waals surface area contributed by atoms with Crippen molar-refractivity contribution in [1.82, 2.24) is 28.7 Å². The summed E-state index contributed by atoms with van der Waals surface area (Å²) in [4.78, 5) is 17.1. The quantitative estimate of drug-likeness (QED) is 0.159. The summed E-state index contributed by atoms with van der Waals surface area (Å²) in [6, 6.07) is 12.2. The SMILES string of the molecule is COc1nc(CCl)cn2c(-c3ccc(F)cc3)ncc12.COc1nc(CO)cn2c(-c3ccc(F)cc3)ncc12.O=S(Cl)Cl. The molecule has 0 saturated heterocycles. The minimum absolute atomic E-state index is 0.201. The zero-order valence-electron chi connectivity index (χ0n) is 23.0. The van der Waals surface area contributed by atoms with Gasteiger partial charge in [-0.05, 0) is 48.5 Å². The van der Waals surface area contributed by atoms with Crippen molar-refractivity contribution in [3.8, 4) is 34.5 Å². The first-order valence-corrected chi connectivity index (χ1v) is 15.8. The Labute approximate surface area is 266 Å². The molecule has 4 heterocycles. The van der Waals surface area contributed by atoms with E-state index in [0.717, 1.165) is 16.6 Å². The van der Waals surface area contributed by atoms with Gasteiger partial charge < -0.3 is 14.6 Å². The topological polar surface area (TPSA) is 116 Å². The first-order valence-electron chi connectivity index (χ1n) is 12.4. The molecule has 0 saturated carbocycles. The summed E-state index contributed by atoms with van der Waals surface area (Å²) >= 11 is 5.84. The molecular formula is C28H23Cl3F2N6O4S. The number of alkyl halides is 1. The van der Waals surface area contributed by atoms with Crippen LogP contribution in [0.2, 0.25) is 0 Å². The van der Waals surface area contributed by atoms with E-state index < -0.39 is 9.23 Å². The minimum atomic E-state index is -1.67. The highest BCUT2D eigenvalue weighted by atomic mass is 36.0. The van der Waals surface area contributed by atoms with Crippen LogP contribution in [0.1, 0.15) is 11.4 Å². The maximum atomic E-state index is 13.0. The smallest absolute Gasteiger partial charge is 0.240 e. The van der Waals surface area contributed by atoms with Crippen molar-refractivity contribution in [2.45, 2.75) is 12.5 Å². The van der Waals surface area contributed by atoms with E-state index in [4.69, 9.17) is 25.3 Å². The number of aliphatic hydroxyl groups is 1. The maximum absolute atomic E-state index is 13.0. The molecule has 0 aliphatic rings.